The molecule has 0 spiro atoms. The standard InChI is InChI=1S/C34H32ClNO3Si/c1-34(2,40(39,29-14-5-3-6-15-29)30-16-7-4-8-17-30)22-10-11-25-18-20-28(21-19-25)36-32(37)24-31(33(36)38)26-12-9-13-27(35)23-26/h3-9,12-21,23-24,39H,10-11,22H2,1-2H3. The number of carbonyl (C=O) groups excluding carboxylic acids is 2. The summed E-state index contributed by atoms with van der Waals surface area (Å²) in [7, 11) is -3.04. The van der Waals surface area contributed by atoms with Gasteiger partial charge in [-0.05, 0) is 70.1 Å². The second-order valence-electron chi connectivity index (χ2n) is 10.9. The van der Waals surface area contributed by atoms with Crippen LogP contribution in [0.25, 0.3) is 5.57 Å². The van der Waals surface area contributed by atoms with E-state index in [0.29, 0.717) is 21.8 Å². The van der Waals surface area contributed by atoms with Crippen LogP contribution in [0, 0.1) is 0 Å². The molecular weight excluding hydrogens is 534 g/mol. The van der Waals surface area contributed by atoms with Gasteiger partial charge in [0.25, 0.3) is 20.1 Å². The molecule has 0 unspecified atom stereocenters. The van der Waals surface area contributed by atoms with E-state index in [-0.39, 0.29) is 16.9 Å². The summed E-state index contributed by atoms with van der Waals surface area (Å²) in [5.74, 6) is -0.714. The molecule has 5 rings (SSSR count). The fraction of sp³-hybridized carbons (Fsp3) is 0.176. The summed E-state index contributed by atoms with van der Waals surface area (Å²) in [6, 6.07) is 34.7. The Balaban J connectivity index is 1.28. The fourth-order valence-corrected chi connectivity index (χ4v) is 9.59. The van der Waals surface area contributed by atoms with Gasteiger partial charge >= 0.3 is 0 Å². The van der Waals surface area contributed by atoms with Crippen LogP contribution in [0.3, 0.4) is 0 Å². The van der Waals surface area contributed by atoms with E-state index in [0.717, 1.165) is 35.2 Å². The Morgan fingerprint density at radius 3 is 1.98 bits per heavy atom. The van der Waals surface area contributed by atoms with Crippen LogP contribution in [0.5, 0.6) is 0 Å². The summed E-state index contributed by atoms with van der Waals surface area (Å²) < 4.78 is 0. The van der Waals surface area contributed by atoms with Gasteiger partial charge in [0.2, 0.25) is 0 Å². The summed E-state index contributed by atoms with van der Waals surface area (Å²) >= 11 is 6.09. The first kappa shape index (κ1) is 27.8. The van der Waals surface area contributed by atoms with Crippen molar-refractivity contribution in [1.29, 1.82) is 0 Å². The molecule has 0 saturated heterocycles. The minimum atomic E-state index is -3.04. The third-order valence-corrected chi connectivity index (χ3v) is 12.7. The van der Waals surface area contributed by atoms with Gasteiger partial charge in [-0.1, -0.05) is 110 Å². The zero-order valence-electron chi connectivity index (χ0n) is 22.7. The van der Waals surface area contributed by atoms with E-state index in [2.05, 4.69) is 13.8 Å². The lowest BCUT2D eigenvalue weighted by Gasteiger charge is -2.41. The van der Waals surface area contributed by atoms with Crippen LogP contribution < -0.4 is 15.3 Å². The fourth-order valence-electron chi connectivity index (χ4n) is 5.61. The molecule has 0 radical (unpaired) electrons. The first-order chi connectivity index (χ1) is 19.2. The lowest BCUT2D eigenvalue weighted by atomic mass is 10.0. The third kappa shape index (κ3) is 5.33. The summed E-state index contributed by atoms with van der Waals surface area (Å²) in [4.78, 5) is 39.4. The van der Waals surface area contributed by atoms with Crippen molar-refractivity contribution >= 4 is 53.4 Å². The SMILES string of the molecule is CC(C)(CCCc1ccc(N2C(=O)C=C(c3cccc(Cl)c3)C2=O)cc1)[Si](O)(c1ccccc1)c1ccccc1. The Hall–Kier alpha value is -3.77. The van der Waals surface area contributed by atoms with Crippen LogP contribution in [-0.4, -0.2) is 24.9 Å². The van der Waals surface area contributed by atoms with Gasteiger partial charge in [-0.15, -0.1) is 0 Å². The van der Waals surface area contributed by atoms with E-state index in [1.807, 2.05) is 84.9 Å². The highest BCUT2D eigenvalue weighted by molar-refractivity contribution is 6.98. The van der Waals surface area contributed by atoms with Gasteiger partial charge in [0, 0.05) is 11.1 Å². The second-order valence-corrected chi connectivity index (χ2v) is 15.3. The molecule has 1 N–H and O–H groups in total. The molecule has 2 amide bonds. The molecule has 0 aliphatic carbocycles. The number of hydrogen-bond donors (Lipinski definition) is 1. The summed E-state index contributed by atoms with van der Waals surface area (Å²) in [5, 5.41) is 2.23. The molecule has 0 saturated carbocycles. The molecule has 0 bridgehead atoms. The summed E-state index contributed by atoms with van der Waals surface area (Å²) in [6.45, 7) is 4.36. The van der Waals surface area contributed by atoms with Crippen LogP contribution in [-0.2, 0) is 16.0 Å². The Morgan fingerprint density at radius 2 is 1.40 bits per heavy atom. The maximum absolute atomic E-state index is 13.1. The number of benzene rings is 4. The van der Waals surface area contributed by atoms with Crippen molar-refractivity contribution in [3.05, 3.63) is 131 Å². The van der Waals surface area contributed by atoms with Crippen LogP contribution in [0.15, 0.2) is 115 Å². The topological polar surface area (TPSA) is 57.6 Å². The van der Waals surface area contributed by atoms with E-state index in [1.165, 1.54) is 11.0 Å². The highest BCUT2D eigenvalue weighted by Gasteiger charge is 2.49. The molecule has 4 aromatic carbocycles. The first-order valence-corrected chi connectivity index (χ1v) is 15.8. The van der Waals surface area contributed by atoms with Crippen molar-refractivity contribution < 1.29 is 14.4 Å². The lowest BCUT2D eigenvalue weighted by molar-refractivity contribution is -0.119. The maximum Gasteiger partial charge on any atom is 0.266 e. The van der Waals surface area contributed by atoms with E-state index in [1.54, 1.807) is 24.3 Å². The number of rotatable bonds is 9. The first-order valence-electron chi connectivity index (χ1n) is 13.5. The number of amides is 2. The number of imide groups is 1. The van der Waals surface area contributed by atoms with Crippen molar-refractivity contribution in [3.8, 4) is 0 Å². The smallest absolute Gasteiger partial charge is 0.266 e. The number of carbonyl (C=O) groups is 2. The highest BCUT2D eigenvalue weighted by Crippen LogP contribution is 2.40. The zero-order chi connectivity index (χ0) is 28.3. The van der Waals surface area contributed by atoms with Crippen LogP contribution in [0.4, 0.5) is 5.69 Å². The predicted octanol–water partition coefficient (Wildman–Crippen LogP) is 6.15. The van der Waals surface area contributed by atoms with E-state index in [9.17, 15) is 14.4 Å². The Kier molecular flexibility index (Phi) is 7.90. The van der Waals surface area contributed by atoms with Gasteiger partial charge in [0.05, 0.1) is 11.3 Å². The van der Waals surface area contributed by atoms with Crippen LogP contribution in [0.1, 0.15) is 37.8 Å². The second kappa shape index (κ2) is 11.4. The molecular formula is C34H32ClNO3Si. The van der Waals surface area contributed by atoms with Gasteiger partial charge in [0.15, 0.2) is 0 Å². The number of hydrogen-bond acceptors (Lipinski definition) is 3. The normalized spacial score (nSPS) is 14.0. The van der Waals surface area contributed by atoms with Crippen molar-refractivity contribution in [2.45, 2.75) is 38.1 Å². The van der Waals surface area contributed by atoms with Gasteiger partial charge < -0.3 is 4.80 Å². The molecule has 1 aliphatic rings. The molecule has 1 heterocycles. The number of halogens is 1. The van der Waals surface area contributed by atoms with Gasteiger partial charge in [-0.25, -0.2) is 4.90 Å². The summed E-state index contributed by atoms with van der Waals surface area (Å²) in [6.07, 6.45) is 3.93. The Bertz CT molecular complexity index is 1510. The van der Waals surface area contributed by atoms with E-state index < -0.39 is 8.32 Å². The molecule has 0 fully saturated rings. The molecule has 40 heavy (non-hydrogen) atoms. The quantitative estimate of drug-likeness (QED) is 0.195. The number of anilines is 1. The summed E-state index contributed by atoms with van der Waals surface area (Å²) in [5.41, 5.74) is 2.63. The maximum atomic E-state index is 13.1. The van der Waals surface area contributed by atoms with Crippen molar-refractivity contribution in [3.63, 3.8) is 0 Å². The highest BCUT2D eigenvalue weighted by atomic mass is 35.5. The zero-order valence-corrected chi connectivity index (χ0v) is 24.4. The largest absolute Gasteiger partial charge is 0.424 e. The van der Waals surface area contributed by atoms with Gasteiger partial charge in [-0.3, -0.25) is 9.59 Å². The Morgan fingerprint density at radius 1 is 0.800 bits per heavy atom. The molecule has 4 aromatic rings. The number of aryl methyl sites for hydroxylation is 1. The van der Waals surface area contributed by atoms with Crippen molar-refractivity contribution in [2.24, 2.45) is 0 Å². The molecule has 0 atom stereocenters. The molecule has 1 aliphatic heterocycles. The van der Waals surface area contributed by atoms with E-state index >= 15 is 0 Å². The van der Waals surface area contributed by atoms with Crippen LogP contribution >= 0.6 is 11.6 Å². The van der Waals surface area contributed by atoms with E-state index in [4.69, 9.17) is 11.6 Å². The molecule has 6 heteroatoms. The van der Waals surface area contributed by atoms with Gasteiger partial charge in [-0.2, -0.15) is 0 Å². The minimum Gasteiger partial charge on any atom is -0.424 e. The third-order valence-electron chi connectivity index (χ3n) is 7.88. The van der Waals surface area contributed by atoms with Crippen molar-refractivity contribution in [1.82, 2.24) is 0 Å². The predicted molar refractivity (Wildman–Crippen MR) is 165 cm³/mol. The van der Waals surface area contributed by atoms with Gasteiger partial charge in [0.1, 0.15) is 0 Å². The average molecular weight is 566 g/mol. The molecule has 202 valence electrons. The average Bonchev–Trinajstić information content (AvgIpc) is 3.27. The lowest BCUT2D eigenvalue weighted by Crippen LogP contribution is -2.65. The molecule has 0 aromatic heterocycles. The van der Waals surface area contributed by atoms with Crippen LogP contribution in [0.2, 0.25) is 10.1 Å². The minimum absolute atomic E-state index is 0.313. The monoisotopic (exact) mass is 565 g/mol. The van der Waals surface area contributed by atoms with Crippen molar-refractivity contribution in [2.75, 3.05) is 4.90 Å². The Labute approximate surface area is 241 Å². The number of nitrogens with zero attached hydrogens (tertiary/aromatic N) is 1. The molecule has 4 nitrogen and oxygen atoms in total.